The van der Waals surface area contributed by atoms with Crippen LogP contribution in [0.25, 0.3) is 0 Å². The van der Waals surface area contributed by atoms with E-state index in [-0.39, 0.29) is 9.90 Å². The number of amides is 1. The summed E-state index contributed by atoms with van der Waals surface area (Å²) in [7, 11) is -4.00. The van der Waals surface area contributed by atoms with Crippen LogP contribution in [0.4, 0.5) is 10.1 Å². The first kappa shape index (κ1) is 17.4. The number of sulfonamides is 1. The molecule has 0 spiro atoms. The number of carbonyl (C=O) groups excluding carboxylic acids is 1. The van der Waals surface area contributed by atoms with Crippen molar-refractivity contribution >= 4 is 33.0 Å². The zero-order chi connectivity index (χ0) is 16.9. The predicted molar refractivity (Wildman–Crippen MR) is 88.6 cm³/mol. The SMILES string of the molecule is CCCNC(=O)CN(c1ccccc1F)S(=O)(=O)c1cccs1. The molecule has 1 aromatic carbocycles. The minimum atomic E-state index is -4.00. The predicted octanol–water partition coefficient (Wildman–Crippen LogP) is 2.61. The van der Waals surface area contributed by atoms with E-state index in [0.29, 0.717) is 6.54 Å². The van der Waals surface area contributed by atoms with Gasteiger partial charge in [0.1, 0.15) is 16.6 Å². The van der Waals surface area contributed by atoms with E-state index >= 15 is 0 Å². The summed E-state index contributed by atoms with van der Waals surface area (Å²) in [5.74, 6) is -1.17. The molecule has 23 heavy (non-hydrogen) atoms. The Labute approximate surface area is 138 Å². The molecule has 0 saturated carbocycles. The van der Waals surface area contributed by atoms with E-state index in [9.17, 15) is 17.6 Å². The minimum Gasteiger partial charge on any atom is -0.355 e. The lowest BCUT2D eigenvalue weighted by Crippen LogP contribution is -2.41. The molecule has 2 rings (SSSR count). The van der Waals surface area contributed by atoms with Gasteiger partial charge in [0.2, 0.25) is 5.91 Å². The van der Waals surface area contributed by atoms with Crippen LogP contribution in [-0.2, 0) is 14.8 Å². The van der Waals surface area contributed by atoms with Gasteiger partial charge in [0.25, 0.3) is 10.0 Å². The Morgan fingerprint density at radius 3 is 2.61 bits per heavy atom. The maximum absolute atomic E-state index is 14.1. The summed E-state index contributed by atoms with van der Waals surface area (Å²) in [5, 5.41) is 4.22. The molecule has 0 fully saturated rings. The van der Waals surface area contributed by atoms with Gasteiger partial charge in [-0.1, -0.05) is 25.1 Å². The summed E-state index contributed by atoms with van der Waals surface area (Å²) in [5.41, 5.74) is -0.146. The van der Waals surface area contributed by atoms with Crippen molar-refractivity contribution in [2.45, 2.75) is 17.6 Å². The van der Waals surface area contributed by atoms with Gasteiger partial charge in [-0.3, -0.25) is 9.10 Å². The number of rotatable bonds is 7. The van der Waals surface area contributed by atoms with Crippen LogP contribution in [0.5, 0.6) is 0 Å². The van der Waals surface area contributed by atoms with Gasteiger partial charge in [-0.2, -0.15) is 0 Å². The summed E-state index contributed by atoms with van der Waals surface area (Å²) in [6.07, 6.45) is 0.725. The standard InChI is InChI=1S/C15H17FN2O3S2/c1-2-9-17-14(19)11-18(13-7-4-3-6-12(13)16)23(20,21)15-8-5-10-22-15/h3-8,10H,2,9,11H2,1H3,(H,17,19). The number of nitrogens with zero attached hydrogens (tertiary/aromatic N) is 1. The second kappa shape index (κ2) is 7.56. The second-order valence-corrected chi connectivity index (χ2v) is 7.78. The third kappa shape index (κ3) is 4.08. The molecular formula is C15H17FN2O3S2. The highest BCUT2D eigenvalue weighted by atomic mass is 32.2. The van der Waals surface area contributed by atoms with Crippen molar-refractivity contribution in [3.8, 4) is 0 Å². The molecule has 0 aliphatic heterocycles. The third-order valence-electron chi connectivity index (χ3n) is 3.02. The average Bonchev–Trinajstić information content (AvgIpc) is 3.06. The van der Waals surface area contributed by atoms with Crippen LogP contribution in [0.1, 0.15) is 13.3 Å². The van der Waals surface area contributed by atoms with E-state index in [2.05, 4.69) is 5.32 Å². The molecule has 124 valence electrons. The highest BCUT2D eigenvalue weighted by Gasteiger charge is 2.29. The molecular weight excluding hydrogens is 339 g/mol. The van der Waals surface area contributed by atoms with E-state index in [4.69, 9.17) is 0 Å². The van der Waals surface area contributed by atoms with Gasteiger partial charge in [0.05, 0.1) is 5.69 Å². The number of hydrogen-bond donors (Lipinski definition) is 1. The lowest BCUT2D eigenvalue weighted by Gasteiger charge is -2.23. The van der Waals surface area contributed by atoms with Crippen LogP contribution in [0.3, 0.4) is 0 Å². The molecule has 1 amide bonds. The van der Waals surface area contributed by atoms with Crippen molar-refractivity contribution in [2.75, 3.05) is 17.4 Å². The molecule has 0 saturated heterocycles. The average molecular weight is 356 g/mol. The largest absolute Gasteiger partial charge is 0.355 e. The molecule has 0 aliphatic rings. The molecule has 0 aliphatic carbocycles. The summed E-state index contributed by atoms with van der Waals surface area (Å²) in [4.78, 5) is 12.0. The van der Waals surface area contributed by atoms with Crippen molar-refractivity contribution in [1.82, 2.24) is 5.32 Å². The van der Waals surface area contributed by atoms with Gasteiger partial charge >= 0.3 is 0 Å². The van der Waals surface area contributed by atoms with E-state index in [0.717, 1.165) is 28.1 Å². The molecule has 2 aromatic rings. The molecule has 5 nitrogen and oxygen atoms in total. The number of halogens is 1. The van der Waals surface area contributed by atoms with E-state index in [1.54, 1.807) is 11.4 Å². The van der Waals surface area contributed by atoms with Crippen molar-refractivity contribution in [3.05, 3.63) is 47.6 Å². The van der Waals surface area contributed by atoms with E-state index in [1.807, 2.05) is 6.92 Å². The first-order chi connectivity index (χ1) is 11.0. The highest BCUT2D eigenvalue weighted by Crippen LogP contribution is 2.28. The van der Waals surface area contributed by atoms with E-state index in [1.165, 1.54) is 24.3 Å². The lowest BCUT2D eigenvalue weighted by atomic mass is 10.3. The van der Waals surface area contributed by atoms with Gasteiger partial charge in [0.15, 0.2) is 0 Å². The van der Waals surface area contributed by atoms with Crippen molar-refractivity contribution in [1.29, 1.82) is 0 Å². The topological polar surface area (TPSA) is 66.5 Å². The van der Waals surface area contributed by atoms with Gasteiger partial charge in [0, 0.05) is 6.54 Å². The monoisotopic (exact) mass is 356 g/mol. The first-order valence-corrected chi connectivity index (χ1v) is 9.36. The Hall–Kier alpha value is -1.93. The molecule has 1 heterocycles. The Morgan fingerprint density at radius 2 is 2.00 bits per heavy atom. The van der Waals surface area contributed by atoms with Crippen molar-refractivity contribution in [3.63, 3.8) is 0 Å². The number of para-hydroxylation sites is 1. The van der Waals surface area contributed by atoms with E-state index < -0.39 is 28.3 Å². The number of carbonyl (C=O) groups is 1. The summed E-state index contributed by atoms with van der Waals surface area (Å²) in [6.45, 7) is 1.85. The fourth-order valence-corrected chi connectivity index (χ4v) is 4.46. The Balaban J connectivity index is 2.40. The molecule has 0 radical (unpaired) electrons. The quantitative estimate of drug-likeness (QED) is 0.829. The maximum Gasteiger partial charge on any atom is 0.274 e. The first-order valence-electron chi connectivity index (χ1n) is 7.04. The fraction of sp³-hybridized carbons (Fsp3) is 0.267. The van der Waals surface area contributed by atoms with Crippen LogP contribution >= 0.6 is 11.3 Å². The normalized spacial score (nSPS) is 11.2. The number of benzene rings is 1. The molecule has 0 bridgehead atoms. The summed E-state index contributed by atoms with van der Waals surface area (Å²) < 4.78 is 40.4. The summed E-state index contributed by atoms with van der Waals surface area (Å²) in [6, 6.07) is 8.51. The zero-order valence-electron chi connectivity index (χ0n) is 12.5. The minimum absolute atomic E-state index is 0.0593. The molecule has 1 N–H and O–H groups in total. The summed E-state index contributed by atoms with van der Waals surface area (Å²) >= 11 is 1.02. The molecule has 0 unspecified atom stereocenters. The smallest absolute Gasteiger partial charge is 0.274 e. The van der Waals surface area contributed by atoms with Gasteiger partial charge in [-0.05, 0) is 30.0 Å². The van der Waals surface area contributed by atoms with Crippen molar-refractivity contribution in [2.24, 2.45) is 0 Å². The number of nitrogens with one attached hydrogen (secondary N) is 1. The number of anilines is 1. The number of thiophene rings is 1. The molecule has 1 aromatic heterocycles. The van der Waals surface area contributed by atoms with Crippen LogP contribution in [-0.4, -0.2) is 27.4 Å². The number of hydrogen-bond acceptors (Lipinski definition) is 4. The van der Waals surface area contributed by atoms with Gasteiger partial charge in [-0.25, -0.2) is 12.8 Å². The third-order valence-corrected chi connectivity index (χ3v) is 6.15. The molecule has 0 atom stereocenters. The van der Waals surface area contributed by atoms with Crippen LogP contribution in [0.2, 0.25) is 0 Å². The highest BCUT2D eigenvalue weighted by molar-refractivity contribution is 7.94. The Kier molecular flexibility index (Phi) is 5.73. The van der Waals surface area contributed by atoms with Crippen LogP contribution < -0.4 is 9.62 Å². The Morgan fingerprint density at radius 1 is 1.26 bits per heavy atom. The van der Waals surface area contributed by atoms with Gasteiger partial charge in [-0.15, -0.1) is 11.3 Å². The fourth-order valence-electron chi connectivity index (χ4n) is 1.92. The molecule has 8 heteroatoms. The van der Waals surface area contributed by atoms with Crippen LogP contribution in [0.15, 0.2) is 46.0 Å². The lowest BCUT2D eigenvalue weighted by molar-refractivity contribution is -0.119. The Bertz CT molecular complexity index is 761. The second-order valence-electron chi connectivity index (χ2n) is 4.75. The van der Waals surface area contributed by atoms with Crippen LogP contribution in [0, 0.1) is 5.82 Å². The van der Waals surface area contributed by atoms with Crippen molar-refractivity contribution < 1.29 is 17.6 Å². The maximum atomic E-state index is 14.1. The van der Waals surface area contributed by atoms with Gasteiger partial charge < -0.3 is 5.32 Å². The zero-order valence-corrected chi connectivity index (χ0v) is 14.2.